The second-order valence-electron chi connectivity index (χ2n) is 2.56. The van der Waals surface area contributed by atoms with Crippen LogP contribution in [0.1, 0.15) is 0 Å². The lowest BCUT2D eigenvalue weighted by atomic mass is 10.7. The Kier molecular flexibility index (Phi) is 11.6. The van der Waals surface area contributed by atoms with E-state index in [9.17, 15) is 19.2 Å². The van der Waals surface area contributed by atoms with Gasteiger partial charge >= 0.3 is 23.0 Å². The average Bonchev–Trinajstić information content (AvgIpc) is 2.37. The zero-order valence-electron chi connectivity index (χ0n) is 10.3. The lowest BCUT2D eigenvalue weighted by molar-refractivity contribution is -0.134. The zero-order valence-corrected chi connectivity index (χ0v) is 10.3. The largest absolute Gasteiger partial charge is 0.466 e. The van der Waals surface area contributed by atoms with Gasteiger partial charge in [0.1, 0.15) is 0 Å². The van der Waals surface area contributed by atoms with Crippen LogP contribution in [-0.2, 0) is 9.53 Å². The van der Waals surface area contributed by atoms with Crippen LogP contribution < -0.4 is 17.1 Å². The molecule has 19 heavy (non-hydrogen) atoms. The molecule has 0 atom stereocenters. The van der Waals surface area contributed by atoms with Crippen LogP contribution in [0.15, 0.2) is 39.7 Å². The SMILES string of the molecule is C=CC(=O)OC.C=CCO.O=c1[nH]c(=O)[nH]c(=O)[nH]1. The number of hydrogen-bond donors (Lipinski definition) is 4. The summed E-state index contributed by atoms with van der Waals surface area (Å²) in [7, 11) is 1.31. The fourth-order valence-corrected chi connectivity index (χ4v) is 0.486. The molecule has 0 saturated carbocycles. The number of methoxy groups -OCH3 is 1. The number of carbonyl (C=O) groups excluding carboxylic acids is 1. The average molecular weight is 273 g/mol. The molecule has 0 fully saturated rings. The van der Waals surface area contributed by atoms with Gasteiger partial charge in [-0.05, 0) is 0 Å². The molecule has 0 aliphatic heterocycles. The third kappa shape index (κ3) is 13.3. The van der Waals surface area contributed by atoms with Gasteiger partial charge in [0.2, 0.25) is 0 Å². The van der Waals surface area contributed by atoms with Crippen LogP contribution in [0.3, 0.4) is 0 Å². The maximum Gasteiger partial charge on any atom is 0.330 e. The lowest BCUT2D eigenvalue weighted by Crippen LogP contribution is -2.34. The number of ether oxygens (including phenoxy) is 1. The molecule has 0 saturated heterocycles. The first-order valence-electron chi connectivity index (χ1n) is 4.76. The third-order valence-electron chi connectivity index (χ3n) is 1.18. The predicted octanol–water partition coefficient (Wildman–Crippen LogP) is -1.74. The van der Waals surface area contributed by atoms with Crippen molar-refractivity contribution in [1.82, 2.24) is 15.0 Å². The van der Waals surface area contributed by atoms with Crippen molar-refractivity contribution in [3.05, 3.63) is 56.8 Å². The normalized spacial score (nSPS) is 7.89. The summed E-state index contributed by atoms with van der Waals surface area (Å²) in [5.74, 6) is -0.394. The molecule has 0 radical (unpaired) electrons. The smallest absolute Gasteiger partial charge is 0.330 e. The summed E-state index contributed by atoms with van der Waals surface area (Å²) in [6.07, 6.45) is 2.54. The highest BCUT2D eigenvalue weighted by Crippen LogP contribution is 1.67. The molecule has 9 heteroatoms. The summed E-state index contributed by atoms with van der Waals surface area (Å²) in [5, 5.41) is 7.76. The molecule has 1 heterocycles. The minimum atomic E-state index is -0.802. The molecule has 0 bridgehead atoms. The highest BCUT2D eigenvalue weighted by atomic mass is 16.5. The van der Waals surface area contributed by atoms with Gasteiger partial charge in [-0.15, -0.1) is 6.58 Å². The number of esters is 1. The van der Waals surface area contributed by atoms with Crippen molar-refractivity contribution in [3.63, 3.8) is 0 Å². The molecule has 1 aromatic heterocycles. The quantitative estimate of drug-likeness (QED) is 0.286. The monoisotopic (exact) mass is 273 g/mol. The standard InChI is InChI=1S/C4H6O2.C3H3N3O3.C3H6O/c1-3-4(5)6-2;7-1-4-2(8)6-3(9)5-1;1-2-3-4/h3H,1H2,2H3;(H3,4,5,6,7,8,9);2,4H,1,3H2. The lowest BCUT2D eigenvalue weighted by Gasteiger charge is -1.83. The number of carbonyl (C=O) groups is 1. The Morgan fingerprint density at radius 1 is 1.16 bits per heavy atom. The van der Waals surface area contributed by atoms with Crippen LogP contribution in [0.4, 0.5) is 0 Å². The number of nitrogens with one attached hydrogen (secondary N) is 3. The Morgan fingerprint density at radius 3 is 1.58 bits per heavy atom. The van der Waals surface area contributed by atoms with Gasteiger partial charge in [0.15, 0.2) is 0 Å². The highest BCUT2D eigenvalue weighted by molar-refractivity contribution is 5.80. The number of aromatic nitrogens is 3. The Bertz CT molecular complexity index is 475. The van der Waals surface area contributed by atoms with Crippen molar-refractivity contribution in [3.8, 4) is 0 Å². The molecule has 4 N–H and O–H groups in total. The topological polar surface area (TPSA) is 145 Å². The fraction of sp³-hybridized carbons (Fsp3) is 0.200. The number of aromatic amines is 3. The first kappa shape index (κ1) is 18.7. The van der Waals surface area contributed by atoms with E-state index >= 15 is 0 Å². The van der Waals surface area contributed by atoms with Gasteiger partial charge in [-0.3, -0.25) is 15.0 Å². The minimum absolute atomic E-state index is 0.0833. The summed E-state index contributed by atoms with van der Waals surface area (Å²) in [6, 6.07) is 0. The summed E-state index contributed by atoms with van der Waals surface area (Å²) < 4.78 is 4.14. The Hall–Kier alpha value is -2.68. The van der Waals surface area contributed by atoms with E-state index in [0.717, 1.165) is 6.08 Å². The van der Waals surface area contributed by atoms with Crippen LogP contribution in [0, 0.1) is 0 Å². The molecule has 0 aliphatic rings. The van der Waals surface area contributed by atoms with E-state index in [1.807, 2.05) is 0 Å². The molecular formula is C10H15N3O6. The van der Waals surface area contributed by atoms with E-state index in [1.54, 1.807) is 15.0 Å². The van der Waals surface area contributed by atoms with Gasteiger partial charge in [0, 0.05) is 6.08 Å². The molecule has 0 amide bonds. The summed E-state index contributed by atoms with van der Waals surface area (Å²) in [4.78, 5) is 45.7. The van der Waals surface area contributed by atoms with Gasteiger partial charge in [0.25, 0.3) is 0 Å². The van der Waals surface area contributed by atoms with E-state index in [4.69, 9.17) is 5.11 Å². The first-order valence-corrected chi connectivity index (χ1v) is 4.76. The van der Waals surface area contributed by atoms with Crippen molar-refractivity contribution < 1.29 is 14.6 Å². The maximum absolute atomic E-state index is 10.2. The first-order chi connectivity index (χ1) is 8.90. The zero-order chi connectivity index (χ0) is 15.3. The van der Waals surface area contributed by atoms with E-state index in [1.165, 1.54) is 13.2 Å². The van der Waals surface area contributed by atoms with Crippen molar-refractivity contribution in [1.29, 1.82) is 0 Å². The van der Waals surface area contributed by atoms with Gasteiger partial charge in [0.05, 0.1) is 13.7 Å². The maximum atomic E-state index is 10.2. The van der Waals surface area contributed by atoms with E-state index in [2.05, 4.69) is 17.9 Å². The molecule has 1 rings (SSSR count). The summed E-state index contributed by atoms with van der Waals surface area (Å²) in [6.45, 7) is 6.47. The van der Waals surface area contributed by atoms with Crippen LogP contribution in [0.2, 0.25) is 0 Å². The van der Waals surface area contributed by atoms with Crippen molar-refractivity contribution in [2.45, 2.75) is 0 Å². The molecular weight excluding hydrogens is 258 g/mol. The van der Waals surface area contributed by atoms with Gasteiger partial charge < -0.3 is 9.84 Å². The van der Waals surface area contributed by atoms with Gasteiger partial charge in [-0.25, -0.2) is 19.2 Å². The second-order valence-corrected chi connectivity index (χ2v) is 2.56. The molecule has 1 aromatic rings. The molecule has 106 valence electrons. The minimum Gasteiger partial charge on any atom is -0.466 e. The number of hydrogen-bond acceptors (Lipinski definition) is 6. The second kappa shape index (κ2) is 11.8. The molecule has 0 aliphatic carbocycles. The van der Waals surface area contributed by atoms with Crippen molar-refractivity contribution in [2.24, 2.45) is 0 Å². The Labute approximate surface area is 107 Å². The summed E-state index contributed by atoms with van der Waals surface area (Å²) >= 11 is 0. The molecule has 9 nitrogen and oxygen atoms in total. The van der Waals surface area contributed by atoms with Crippen molar-refractivity contribution in [2.75, 3.05) is 13.7 Å². The van der Waals surface area contributed by atoms with E-state index in [-0.39, 0.29) is 6.61 Å². The number of aliphatic hydroxyl groups excluding tert-OH is 1. The Morgan fingerprint density at radius 2 is 1.47 bits per heavy atom. The molecule has 0 aromatic carbocycles. The fourth-order valence-electron chi connectivity index (χ4n) is 0.486. The number of aliphatic hydroxyl groups is 1. The van der Waals surface area contributed by atoms with Crippen molar-refractivity contribution >= 4 is 5.97 Å². The summed E-state index contributed by atoms with van der Waals surface area (Å²) in [5.41, 5.74) is -2.41. The van der Waals surface area contributed by atoms with Gasteiger partial charge in [-0.1, -0.05) is 12.7 Å². The van der Waals surface area contributed by atoms with E-state index < -0.39 is 23.0 Å². The van der Waals surface area contributed by atoms with E-state index in [0.29, 0.717) is 0 Å². The van der Waals surface area contributed by atoms with Crippen LogP contribution in [-0.4, -0.2) is 39.7 Å². The highest BCUT2D eigenvalue weighted by Gasteiger charge is 1.85. The predicted molar refractivity (Wildman–Crippen MR) is 67.8 cm³/mol. The Balaban J connectivity index is 0. The van der Waals surface area contributed by atoms with Gasteiger partial charge in [-0.2, -0.15) is 0 Å². The van der Waals surface area contributed by atoms with Crippen LogP contribution in [0.5, 0.6) is 0 Å². The number of H-pyrrole nitrogens is 3. The molecule has 0 unspecified atom stereocenters. The number of rotatable bonds is 2. The van der Waals surface area contributed by atoms with Crippen LogP contribution in [0.25, 0.3) is 0 Å². The molecule has 0 spiro atoms. The van der Waals surface area contributed by atoms with Crippen LogP contribution >= 0.6 is 0 Å². The third-order valence-corrected chi connectivity index (χ3v) is 1.18.